The van der Waals surface area contributed by atoms with Crippen LogP contribution in [0.1, 0.15) is 43.3 Å². The average Bonchev–Trinajstić information content (AvgIpc) is 3.04. The van der Waals surface area contributed by atoms with Crippen LogP contribution < -0.4 is 11.1 Å². The van der Waals surface area contributed by atoms with Crippen LogP contribution in [0.15, 0.2) is 17.5 Å². The lowest BCUT2D eigenvalue weighted by Crippen LogP contribution is -2.19. The van der Waals surface area contributed by atoms with E-state index in [2.05, 4.69) is 5.32 Å². The number of rotatable bonds is 3. The van der Waals surface area contributed by atoms with Crippen LogP contribution in [0, 0.1) is 0 Å². The van der Waals surface area contributed by atoms with Gasteiger partial charge in [0.25, 0.3) is 11.8 Å². The predicted octanol–water partition coefficient (Wildman–Crippen LogP) is 3.04. The number of carbonyl (C=O) groups excluding carboxylic acids is 2. The van der Waals surface area contributed by atoms with Gasteiger partial charge < -0.3 is 11.1 Å². The van der Waals surface area contributed by atoms with E-state index in [1.54, 1.807) is 0 Å². The first-order valence-corrected chi connectivity index (χ1v) is 8.15. The fourth-order valence-electron chi connectivity index (χ4n) is 2.50. The van der Waals surface area contributed by atoms with Crippen molar-refractivity contribution < 1.29 is 9.59 Å². The van der Waals surface area contributed by atoms with Crippen molar-refractivity contribution >= 4 is 39.5 Å². The van der Waals surface area contributed by atoms with Crippen molar-refractivity contribution in [2.45, 2.75) is 25.7 Å². The van der Waals surface area contributed by atoms with Crippen LogP contribution in [0.2, 0.25) is 0 Å². The van der Waals surface area contributed by atoms with Crippen molar-refractivity contribution in [3.63, 3.8) is 0 Å². The highest BCUT2D eigenvalue weighted by atomic mass is 32.1. The van der Waals surface area contributed by atoms with Crippen molar-refractivity contribution in [3.8, 4) is 0 Å². The molecular weight excluding hydrogens is 292 g/mol. The molecule has 6 heteroatoms. The summed E-state index contributed by atoms with van der Waals surface area (Å²) >= 11 is 2.86. The van der Waals surface area contributed by atoms with Crippen molar-refractivity contribution in [1.29, 1.82) is 0 Å². The Labute approximate surface area is 124 Å². The summed E-state index contributed by atoms with van der Waals surface area (Å²) in [4.78, 5) is 25.7. The summed E-state index contributed by atoms with van der Waals surface area (Å²) in [6.45, 7) is 0. The van der Waals surface area contributed by atoms with E-state index >= 15 is 0 Å². The largest absolute Gasteiger partial charge is 0.366 e. The minimum absolute atomic E-state index is 0.236. The second kappa shape index (κ2) is 5.38. The van der Waals surface area contributed by atoms with E-state index < -0.39 is 5.91 Å². The Morgan fingerprint density at radius 1 is 1.25 bits per heavy atom. The molecule has 0 fully saturated rings. The molecule has 4 nitrogen and oxygen atoms in total. The molecule has 2 aromatic rings. The number of hydrogen-bond acceptors (Lipinski definition) is 4. The maximum Gasteiger partial charge on any atom is 0.267 e. The maximum absolute atomic E-state index is 12.4. The predicted molar refractivity (Wildman–Crippen MR) is 81.8 cm³/mol. The highest BCUT2D eigenvalue weighted by Crippen LogP contribution is 2.34. The Morgan fingerprint density at radius 3 is 2.75 bits per heavy atom. The quantitative estimate of drug-likeness (QED) is 0.915. The molecule has 2 amide bonds. The third-order valence-corrected chi connectivity index (χ3v) is 5.46. The lowest BCUT2D eigenvalue weighted by Gasteiger charge is -2.11. The molecule has 3 rings (SSSR count). The number of thiophene rings is 2. The van der Waals surface area contributed by atoms with E-state index in [1.165, 1.54) is 22.7 Å². The number of carbonyl (C=O) groups is 2. The Kier molecular flexibility index (Phi) is 3.58. The fourth-order valence-corrected chi connectivity index (χ4v) is 4.41. The van der Waals surface area contributed by atoms with Gasteiger partial charge >= 0.3 is 0 Å². The van der Waals surface area contributed by atoms with Crippen LogP contribution in [0.4, 0.5) is 5.00 Å². The molecule has 104 valence electrons. The van der Waals surface area contributed by atoms with Crippen molar-refractivity contribution in [3.05, 3.63) is 38.4 Å². The van der Waals surface area contributed by atoms with Crippen molar-refractivity contribution in [2.24, 2.45) is 5.73 Å². The zero-order chi connectivity index (χ0) is 14.1. The van der Waals surface area contributed by atoms with Gasteiger partial charge in [0.05, 0.1) is 10.6 Å². The molecule has 0 saturated carbocycles. The van der Waals surface area contributed by atoms with Crippen LogP contribution in [0.5, 0.6) is 0 Å². The van der Waals surface area contributed by atoms with Gasteiger partial charge in [-0.05, 0) is 48.8 Å². The molecule has 2 heterocycles. The van der Waals surface area contributed by atoms with Gasteiger partial charge in [-0.3, -0.25) is 9.59 Å². The number of nitrogens with one attached hydrogen (secondary N) is 1. The molecule has 3 N–H and O–H groups in total. The van der Waals surface area contributed by atoms with E-state index in [0.717, 1.165) is 41.1 Å². The summed E-state index contributed by atoms with van der Waals surface area (Å²) < 4.78 is 0. The summed E-state index contributed by atoms with van der Waals surface area (Å²) in [5.41, 5.74) is 6.90. The SMILES string of the molecule is NC(=O)c1c(C(=O)Nc2cccs2)sc2c1CCCC2. The standard InChI is InChI=1S/C14H14N2O2S2/c15-13(17)11-8-4-1-2-5-9(8)20-12(11)14(18)16-10-6-3-7-19-10/h3,6-7H,1-2,4-5H2,(H2,15,17)(H,16,18). The first-order chi connectivity index (χ1) is 9.66. The van der Waals surface area contributed by atoms with E-state index in [9.17, 15) is 9.59 Å². The summed E-state index contributed by atoms with van der Waals surface area (Å²) in [5, 5.41) is 5.49. The van der Waals surface area contributed by atoms with Crippen molar-refractivity contribution in [1.82, 2.24) is 0 Å². The molecule has 1 aliphatic rings. The third kappa shape index (κ3) is 2.36. The third-order valence-electron chi connectivity index (χ3n) is 3.38. The molecule has 0 spiro atoms. The minimum Gasteiger partial charge on any atom is -0.366 e. The van der Waals surface area contributed by atoms with Crippen LogP contribution in [-0.2, 0) is 12.8 Å². The topological polar surface area (TPSA) is 72.2 Å². The monoisotopic (exact) mass is 306 g/mol. The average molecular weight is 306 g/mol. The number of nitrogens with two attached hydrogens (primary N) is 1. The van der Waals surface area contributed by atoms with Crippen LogP contribution in [0.3, 0.4) is 0 Å². The second-order valence-corrected chi connectivity index (χ2v) is 6.76. The first kappa shape index (κ1) is 13.3. The Bertz CT molecular complexity index is 659. The van der Waals surface area contributed by atoms with Gasteiger partial charge in [-0.25, -0.2) is 0 Å². The zero-order valence-electron chi connectivity index (χ0n) is 10.8. The molecule has 0 aliphatic heterocycles. The number of fused-ring (bicyclic) bond motifs is 1. The Balaban J connectivity index is 1.98. The van der Waals surface area contributed by atoms with E-state index in [-0.39, 0.29) is 5.91 Å². The molecule has 0 bridgehead atoms. The van der Waals surface area contributed by atoms with Gasteiger partial charge in [-0.15, -0.1) is 22.7 Å². The number of anilines is 1. The molecule has 0 aromatic carbocycles. The van der Waals surface area contributed by atoms with Crippen molar-refractivity contribution in [2.75, 3.05) is 5.32 Å². The molecule has 2 aromatic heterocycles. The molecule has 0 unspecified atom stereocenters. The number of aryl methyl sites for hydroxylation is 1. The number of amides is 2. The highest BCUT2D eigenvalue weighted by molar-refractivity contribution is 7.15. The lowest BCUT2D eigenvalue weighted by molar-refractivity contribution is 0.0979. The van der Waals surface area contributed by atoms with Gasteiger partial charge in [0.1, 0.15) is 4.88 Å². The smallest absolute Gasteiger partial charge is 0.267 e. The Hall–Kier alpha value is -1.66. The zero-order valence-corrected chi connectivity index (χ0v) is 12.4. The second-order valence-electron chi connectivity index (χ2n) is 4.71. The number of hydrogen-bond donors (Lipinski definition) is 2. The van der Waals surface area contributed by atoms with Gasteiger partial charge in [-0.1, -0.05) is 0 Å². The van der Waals surface area contributed by atoms with E-state index in [4.69, 9.17) is 5.73 Å². The highest BCUT2D eigenvalue weighted by Gasteiger charge is 2.27. The minimum atomic E-state index is -0.499. The molecule has 20 heavy (non-hydrogen) atoms. The summed E-state index contributed by atoms with van der Waals surface area (Å²) in [7, 11) is 0. The van der Waals surface area contributed by atoms with Gasteiger partial charge in [0, 0.05) is 4.88 Å². The molecular formula is C14H14N2O2S2. The first-order valence-electron chi connectivity index (χ1n) is 6.46. The van der Waals surface area contributed by atoms with Gasteiger partial charge in [-0.2, -0.15) is 0 Å². The number of primary amides is 1. The van der Waals surface area contributed by atoms with E-state index in [0.29, 0.717) is 10.4 Å². The van der Waals surface area contributed by atoms with Crippen LogP contribution >= 0.6 is 22.7 Å². The van der Waals surface area contributed by atoms with Crippen LogP contribution in [0.25, 0.3) is 0 Å². The summed E-state index contributed by atoms with van der Waals surface area (Å²) in [5.74, 6) is -0.735. The lowest BCUT2D eigenvalue weighted by atomic mass is 9.94. The van der Waals surface area contributed by atoms with E-state index in [1.807, 2.05) is 17.5 Å². The molecule has 1 aliphatic carbocycles. The maximum atomic E-state index is 12.4. The molecule has 0 saturated heterocycles. The molecule has 0 radical (unpaired) electrons. The summed E-state index contributed by atoms with van der Waals surface area (Å²) in [6.07, 6.45) is 3.94. The van der Waals surface area contributed by atoms with Gasteiger partial charge in [0.2, 0.25) is 0 Å². The molecule has 0 atom stereocenters. The fraction of sp³-hybridized carbons (Fsp3) is 0.286. The van der Waals surface area contributed by atoms with Gasteiger partial charge in [0.15, 0.2) is 0 Å². The van der Waals surface area contributed by atoms with Crippen LogP contribution in [-0.4, -0.2) is 11.8 Å². The Morgan fingerprint density at radius 2 is 2.05 bits per heavy atom. The summed E-state index contributed by atoms with van der Waals surface area (Å²) in [6, 6.07) is 3.70. The normalized spacial score (nSPS) is 13.8.